The molecule has 2 aromatic rings. The third-order valence-electron chi connectivity index (χ3n) is 4.51. The zero-order chi connectivity index (χ0) is 17.3. The lowest BCUT2D eigenvalue weighted by molar-refractivity contribution is -0.127. The molecule has 1 fully saturated rings. The van der Waals surface area contributed by atoms with Crippen LogP contribution in [0.25, 0.3) is 6.08 Å². The molecule has 0 radical (unpaired) electrons. The number of aromatic amines is 1. The third kappa shape index (κ3) is 5.53. The number of nitrogens with one attached hydrogen (secondary N) is 1. The fourth-order valence-corrected chi connectivity index (χ4v) is 3.01. The highest BCUT2D eigenvalue weighted by Crippen LogP contribution is 2.07. The number of carbonyl (C=O) groups excluding carboxylic acids is 1. The Morgan fingerprint density at radius 3 is 2.76 bits per heavy atom. The van der Waals surface area contributed by atoms with Gasteiger partial charge in [0.15, 0.2) is 0 Å². The summed E-state index contributed by atoms with van der Waals surface area (Å²) in [4.78, 5) is 27.9. The van der Waals surface area contributed by atoms with Crippen LogP contribution in [0.5, 0.6) is 0 Å². The number of piperazine rings is 1. The molecule has 0 aliphatic carbocycles. The van der Waals surface area contributed by atoms with Crippen molar-refractivity contribution in [2.24, 2.45) is 0 Å². The van der Waals surface area contributed by atoms with E-state index in [1.165, 1.54) is 12.1 Å². The number of imidazole rings is 1. The lowest BCUT2D eigenvalue weighted by atomic mass is 10.2. The first-order chi connectivity index (χ1) is 12.3. The molecule has 25 heavy (non-hydrogen) atoms. The second-order valence-corrected chi connectivity index (χ2v) is 6.32. The molecule has 1 N–H and O–H groups in total. The van der Waals surface area contributed by atoms with Gasteiger partial charge in [-0.1, -0.05) is 6.07 Å². The lowest BCUT2D eigenvalue weighted by Gasteiger charge is -2.34. The van der Waals surface area contributed by atoms with E-state index in [1.54, 1.807) is 24.8 Å². The third-order valence-corrected chi connectivity index (χ3v) is 4.51. The second kappa shape index (κ2) is 9.13. The molecule has 0 saturated carbocycles. The summed E-state index contributed by atoms with van der Waals surface area (Å²) in [7, 11) is 0. The minimum atomic E-state index is 0.0859. The molecule has 132 valence electrons. The molecule has 6 nitrogen and oxygen atoms in total. The van der Waals surface area contributed by atoms with Crippen molar-refractivity contribution in [3.05, 3.63) is 54.4 Å². The molecule has 1 aliphatic heterocycles. The number of aryl methyl sites for hydroxylation is 1. The summed E-state index contributed by atoms with van der Waals surface area (Å²) in [6, 6.07) is 3.81. The van der Waals surface area contributed by atoms with Crippen LogP contribution in [0.1, 0.15) is 24.1 Å². The highest BCUT2D eigenvalue weighted by molar-refractivity contribution is 5.91. The maximum Gasteiger partial charge on any atom is 0.246 e. The number of hydrogen-bond acceptors (Lipinski definition) is 4. The van der Waals surface area contributed by atoms with Crippen LogP contribution in [-0.4, -0.2) is 63.4 Å². The highest BCUT2D eigenvalue weighted by atomic mass is 16.2. The van der Waals surface area contributed by atoms with E-state index >= 15 is 0 Å². The van der Waals surface area contributed by atoms with Crippen molar-refractivity contribution >= 4 is 12.0 Å². The number of carbonyl (C=O) groups is 1. The van der Waals surface area contributed by atoms with E-state index < -0.39 is 0 Å². The van der Waals surface area contributed by atoms with Gasteiger partial charge >= 0.3 is 0 Å². The van der Waals surface area contributed by atoms with E-state index in [-0.39, 0.29) is 5.91 Å². The standard InChI is InChI=1S/C19H25N5O/c25-19(7-6-17-4-3-8-20-14-17)24-12-10-23(11-13-24)9-2-1-5-18-15-21-16-22-18/h3-4,6-8,14-16H,1-2,5,9-13H2,(H,21,22)/b7-6+. The Morgan fingerprint density at radius 2 is 2.04 bits per heavy atom. The van der Waals surface area contributed by atoms with Crippen LogP contribution in [0.15, 0.2) is 43.1 Å². The van der Waals surface area contributed by atoms with Gasteiger partial charge in [0, 0.05) is 56.5 Å². The lowest BCUT2D eigenvalue weighted by Crippen LogP contribution is -2.48. The Morgan fingerprint density at radius 1 is 1.16 bits per heavy atom. The Balaban J connectivity index is 1.34. The van der Waals surface area contributed by atoms with Gasteiger partial charge in [0.1, 0.15) is 0 Å². The van der Waals surface area contributed by atoms with Gasteiger partial charge in [0.05, 0.1) is 6.33 Å². The highest BCUT2D eigenvalue weighted by Gasteiger charge is 2.19. The molecule has 0 bridgehead atoms. The first-order valence-corrected chi connectivity index (χ1v) is 8.88. The number of hydrogen-bond donors (Lipinski definition) is 1. The summed E-state index contributed by atoms with van der Waals surface area (Å²) in [6.07, 6.45) is 14.0. The van der Waals surface area contributed by atoms with Gasteiger partial charge in [-0.25, -0.2) is 4.98 Å². The van der Waals surface area contributed by atoms with Crippen molar-refractivity contribution in [3.8, 4) is 0 Å². The molecule has 0 atom stereocenters. The fraction of sp³-hybridized carbons (Fsp3) is 0.421. The molecule has 0 spiro atoms. The van der Waals surface area contributed by atoms with Crippen molar-refractivity contribution < 1.29 is 4.79 Å². The maximum absolute atomic E-state index is 12.3. The molecule has 6 heteroatoms. The number of pyridine rings is 1. The Bertz CT molecular complexity index is 660. The second-order valence-electron chi connectivity index (χ2n) is 6.32. The number of rotatable bonds is 7. The predicted molar refractivity (Wildman–Crippen MR) is 97.8 cm³/mol. The molecule has 1 amide bonds. The SMILES string of the molecule is O=C(/C=C/c1cccnc1)N1CCN(CCCCc2cnc[nH]2)CC1. The van der Waals surface area contributed by atoms with Gasteiger partial charge in [-0.05, 0) is 43.5 Å². The van der Waals surface area contributed by atoms with Crippen LogP contribution in [0.3, 0.4) is 0 Å². The number of nitrogens with zero attached hydrogens (tertiary/aromatic N) is 4. The first-order valence-electron chi connectivity index (χ1n) is 8.88. The molecule has 3 heterocycles. The monoisotopic (exact) mass is 339 g/mol. The molecule has 0 unspecified atom stereocenters. The Kier molecular flexibility index (Phi) is 6.34. The van der Waals surface area contributed by atoms with Crippen LogP contribution in [-0.2, 0) is 11.2 Å². The number of unbranched alkanes of at least 4 members (excludes halogenated alkanes) is 1. The summed E-state index contributed by atoms with van der Waals surface area (Å²) in [5, 5.41) is 0. The topological polar surface area (TPSA) is 65.1 Å². The number of H-pyrrole nitrogens is 1. The van der Waals surface area contributed by atoms with Crippen molar-refractivity contribution in [2.75, 3.05) is 32.7 Å². The minimum Gasteiger partial charge on any atom is -0.348 e. The molecular weight excluding hydrogens is 314 g/mol. The normalized spacial score (nSPS) is 15.8. The van der Waals surface area contributed by atoms with Gasteiger partial charge in [-0.3, -0.25) is 14.7 Å². The van der Waals surface area contributed by atoms with Gasteiger partial charge in [0.2, 0.25) is 5.91 Å². The van der Waals surface area contributed by atoms with E-state index in [4.69, 9.17) is 0 Å². The van der Waals surface area contributed by atoms with E-state index in [0.29, 0.717) is 0 Å². The first kappa shape index (κ1) is 17.4. The smallest absolute Gasteiger partial charge is 0.246 e. The van der Waals surface area contributed by atoms with Crippen molar-refractivity contribution in [3.63, 3.8) is 0 Å². The number of aromatic nitrogens is 3. The fourth-order valence-electron chi connectivity index (χ4n) is 3.01. The maximum atomic E-state index is 12.3. The van der Waals surface area contributed by atoms with Crippen LogP contribution in [0.2, 0.25) is 0 Å². The molecule has 0 aromatic carbocycles. The molecule has 1 aliphatic rings. The van der Waals surface area contributed by atoms with Gasteiger partial charge in [-0.15, -0.1) is 0 Å². The summed E-state index contributed by atoms with van der Waals surface area (Å²) in [6.45, 7) is 4.61. The number of amides is 1. The van der Waals surface area contributed by atoms with Gasteiger partial charge in [-0.2, -0.15) is 0 Å². The van der Waals surface area contributed by atoms with Crippen molar-refractivity contribution in [2.45, 2.75) is 19.3 Å². The zero-order valence-corrected chi connectivity index (χ0v) is 14.5. The Hall–Kier alpha value is -2.47. The van der Waals surface area contributed by atoms with Gasteiger partial charge in [0.25, 0.3) is 0 Å². The summed E-state index contributed by atoms with van der Waals surface area (Å²) in [5.41, 5.74) is 2.16. The zero-order valence-electron chi connectivity index (χ0n) is 14.5. The van der Waals surface area contributed by atoms with E-state index in [2.05, 4.69) is 19.9 Å². The summed E-state index contributed by atoms with van der Waals surface area (Å²) in [5.74, 6) is 0.0859. The molecule has 3 rings (SSSR count). The molecule has 2 aromatic heterocycles. The summed E-state index contributed by atoms with van der Waals surface area (Å²) < 4.78 is 0. The average Bonchev–Trinajstić information content (AvgIpc) is 3.18. The van der Waals surface area contributed by atoms with Crippen LogP contribution in [0, 0.1) is 0 Å². The average molecular weight is 339 g/mol. The van der Waals surface area contributed by atoms with Crippen LogP contribution >= 0.6 is 0 Å². The quantitative estimate of drug-likeness (QED) is 0.619. The van der Waals surface area contributed by atoms with Crippen LogP contribution < -0.4 is 0 Å². The van der Waals surface area contributed by atoms with E-state index in [0.717, 1.165) is 51.1 Å². The van der Waals surface area contributed by atoms with Gasteiger partial charge < -0.3 is 9.88 Å². The van der Waals surface area contributed by atoms with Crippen LogP contribution in [0.4, 0.5) is 0 Å². The molecular formula is C19H25N5O. The molecule has 1 saturated heterocycles. The van der Waals surface area contributed by atoms with Crippen molar-refractivity contribution in [1.29, 1.82) is 0 Å². The van der Waals surface area contributed by atoms with E-state index in [1.807, 2.05) is 29.3 Å². The predicted octanol–water partition coefficient (Wildman–Crippen LogP) is 1.99. The Labute approximate surface area is 148 Å². The van der Waals surface area contributed by atoms with Crippen molar-refractivity contribution in [1.82, 2.24) is 24.8 Å². The van der Waals surface area contributed by atoms with E-state index in [9.17, 15) is 4.79 Å². The largest absolute Gasteiger partial charge is 0.348 e. The minimum absolute atomic E-state index is 0.0859. The summed E-state index contributed by atoms with van der Waals surface area (Å²) >= 11 is 0.